The van der Waals surface area contributed by atoms with Gasteiger partial charge in [-0.1, -0.05) is 36.4 Å². The van der Waals surface area contributed by atoms with Crippen molar-refractivity contribution in [2.45, 2.75) is 26.7 Å². The van der Waals surface area contributed by atoms with Crippen LogP contribution in [0.3, 0.4) is 0 Å². The van der Waals surface area contributed by atoms with Gasteiger partial charge in [-0.2, -0.15) is 0 Å². The number of hydrogen-bond donors (Lipinski definition) is 1. The van der Waals surface area contributed by atoms with Crippen LogP contribution in [0, 0.1) is 13.8 Å². The number of anilines is 1. The second-order valence-corrected chi connectivity index (χ2v) is 7.06. The Morgan fingerprint density at radius 3 is 2.38 bits per heavy atom. The van der Waals surface area contributed by atoms with Crippen molar-refractivity contribution in [2.75, 3.05) is 37.6 Å². The highest BCUT2D eigenvalue weighted by Gasteiger charge is 2.21. The minimum atomic E-state index is 0.0674. The molecule has 4 heteroatoms. The van der Waals surface area contributed by atoms with Gasteiger partial charge in [0, 0.05) is 38.4 Å². The number of rotatable bonds is 5. The molecule has 1 saturated heterocycles. The zero-order valence-electron chi connectivity index (χ0n) is 15.9. The average molecular weight is 351 g/mol. The first-order valence-corrected chi connectivity index (χ1v) is 9.52. The fourth-order valence-electron chi connectivity index (χ4n) is 3.33. The van der Waals surface area contributed by atoms with Crippen molar-refractivity contribution in [2.24, 2.45) is 0 Å². The van der Waals surface area contributed by atoms with Gasteiger partial charge in [0.05, 0.1) is 0 Å². The molecule has 3 rings (SSSR count). The summed E-state index contributed by atoms with van der Waals surface area (Å²) in [6, 6.07) is 17.1. The molecular formula is C22H29N3O. The molecule has 0 spiro atoms. The van der Waals surface area contributed by atoms with E-state index >= 15 is 0 Å². The molecule has 0 aromatic heterocycles. The van der Waals surface area contributed by atoms with Crippen LogP contribution in [0.15, 0.2) is 48.5 Å². The highest BCUT2D eigenvalue weighted by atomic mass is 16.2. The predicted octanol–water partition coefficient (Wildman–Crippen LogP) is 3.77. The van der Waals surface area contributed by atoms with Crippen LogP contribution in [0.5, 0.6) is 0 Å². The first-order valence-electron chi connectivity index (χ1n) is 9.52. The van der Waals surface area contributed by atoms with Crippen LogP contribution >= 0.6 is 0 Å². The molecule has 0 unspecified atom stereocenters. The summed E-state index contributed by atoms with van der Waals surface area (Å²) in [5.41, 5.74) is 5.23. The van der Waals surface area contributed by atoms with Crippen molar-refractivity contribution in [3.05, 3.63) is 65.2 Å². The van der Waals surface area contributed by atoms with Crippen LogP contribution < -0.4 is 10.2 Å². The highest BCUT2D eigenvalue weighted by molar-refractivity contribution is 5.74. The lowest BCUT2D eigenvalue weighted by molar-refractivity contribution is 0.194. The molecule has 2 amide bonds. The van der Waals surface area contributed by atoms with E-state index in [0.29, 0.717) is 0 Å². The van der Waals surface area contributed by atoms with Crippen LogP contribution in [0.4, 0.5) is 10.5 Å². The normalized spacial score (nSPS) is 14.4. The number of nitrogens with one attached hydrogen (secondary N) is 1. The van der Waals surface area contributed by atoms with E-state index in [4.69, 9.17) is 0 Å². The van der Waals surface area contributed by atoms with Gasteiger partial charge in [-0.15, -0.1) is 0 Å². The number of urea groups is 1. The number of amides is 2. The lowest BCUT2D eigenvalue weighted by atomic mass is 10.1. The number of nitrogens with zero attached hydrogens (tertiary/aromatic N) is 2. The van der Waals surface area contributed by atoms with E-state index < -0.39 is 0 Å². The van der Waals surface area contributed by atoms with Crippen molar-refractivity contribution < 1.29 is 4.79 Å². The standard InChI is InChI=1S/C22H29N3O/c1-18-10-11-21(17-19(18)2)24-13-15-25(16-14-24)22(26)23-12-6-9-20-7-4-3-5-8-20/h3-5,7-8,10-11,17H,6,9,12-16H2,1-2H3,(H,23,26). The Kier molecular flexibility index (Phi) is 6.16. The van der Waals surface area contributed by atoms with Crippen molar-refractivity contribution in [3.63, 3.8) is 0 Å². The molecule has 0 atom stereocenters. The monoisotopic (exact) mass is 351 g/mol. The zero-order chi connectivity index (χ0) is 18.4. The average Bonchev–Trinajstić information content (AvgIpc) is 2.68. The summed E-state index contributed by atoms with van der Waals surface area (Å²) in [7, 11) is 0. The van der Waals surface area contributed by atoms with Crippen molar-refractivity contribution in [3.8, 4) is 0 Å². The molecule has 138 valence electrons. The molecule has 2 aromatic rings. The quantitative estimate of drug-likeness (QED) is 0.833. The summed E-state index contributed by atoms with van der Waals surface area (Å²) in [6.07, 6.45) is 1.97. The topological polar surface area (TPSA) is 35.6 Å². The molecule has 1 aliphatic heterocycles. The maximum absolute atomic E-state index is 12.3. The Bertz CT molecular complexity index is 721. The molecule has 4 nitrogen and oxygen atoms in total. The third kappa shape index (κ3) is 4.78. The summed E-state index contributed by atoms with van der Waals surface area (Å²) in [5.74, 6) is 0. The van der Waals surface area contributed by atoms with Crippen LogP contribution in [-0.4, -0.2) is 43.7 Å². The number of carbonyl (C=O) groups is 1. The Morgan fingerprint density at radius 2 is 1.69 bits per heavy atom. The SMILES string of the molecule is Cc1ccc(N2CCN(C(=O)NCCCc3ccccc3)CC2)cc1C. The van der Waals surface area contributed by atoms with Gasteiger partial charge >= 0.3 is 6.03 Å². The fourth-order valence-corrected chi connectivity index (χ4v) is 3.33. The van der Waals surface area contributed by atoms with Gasteiger partial charge in [0.15, 0.2) is 0 Å². The summed E-state index contributed by atoms with van der Waals surface area (Å²) in [5, 5.41) is 3.06. The van der Waals surface area contributed by atoms with Crippen molar-refractivity contribution in [1.29, 1.82) is 0 Å². The number of aryl methyl sites for hydroxylation is 3. The van der Waals surface area contributed by atoms with E-state index in [1.54, 1.807) is 0 Å². The molecule has 1 aliphatic rings. The van der Waals surface area contributed by atoms with Gasteiger partial charge in [-0.05, 0) is 55.5 Å². The van der Waals surface area contributed by atoms with Gasteiger partial charge in [0.1, 0.15) is 0 Å². The summed E-state index contributed by atoms with van der Waals surface area (Å²) < 4.78 is 0. The molecule has 2 aromatic carbocycles. The van der Waals surface area contributed by atoms with Crippen molar-refractivity contribution >= 4 is 11.7 Å². The van der Waals surface area contributed by atoms with Gasteiger partial charge < -0.3 is 15.1 Å². The van der Waals surface area contributed by atoms with Crippen LogP contribution in [0.2, 0.25) is 0 Å². The van der Waals surface area contributed by atoms with E-state index in [0.717, 1.165) is 45.6 Å². The van der Waals surface area contributed by atoms with E-state index in [9.17, 15) is 4.79 Å². The Labute approximate surface area is 156 Å². The number of piperazine rings is 1. The molecule has 0 aliphatic carbocycles. The summed E-state index contributed by atoms with van der Waals surface area (Å²) in [6.45, 7) is 8.34. The lowest BCUT2D eigenvalue weighted by Crippen LogP contribution is -2.52. The van der Waals surface area contributed by atoms with Gasteiger partial charge in [-0.3, -0.25) is 0 Å². The number of hydrogen-bond acceptors (Lipinski definition) is 2. The third-order valence-electron chi connectivity index (χ3n) is 5.18. The zero-order valence-corrected chi connectivity index (χ0v) is 15.9. The molecule has 0 saturated carbocycles. The van der Waals surface area contributed by atoms with E-state index in [-0.39, 0.29) is 6.03 Å². The third-order valence-corrected chi connectivity index (χ3v) is 5.18. The van der Waals surface area contributed by atoms with Crippen LogP contribution in [0.1, 0.15) is 23.1 Å². The Balaban J connectivity index is 1.40. The van der Waals surface area contributed by atoms with Crippen LogP contribution in [0.25, 0.3) is 0 Å². The predicted molar refractivity (Wildman–Crippen MR) is 108 cm³/mol. The second kappa shape index (κ2) is 8.75. The van der Waals surface area contributed by atoms with Gasteiger partial charge in [0.2, 0.25) is 0 Å². The maximum atomic E-state index is 12.3. The molecule has 26 heavy (non-hydrogen) atoms. The van der Waals surface area contributed by atoms with E-state index in [1.165, 1.54) is 22.4 Å². The van der Waals surface area contributed by atoms with Crippen molar-refractivity contribution in [1.82, 2.24) is 10.2 Å². The smallest absolute Gasteiger partial charge is 0.317 e. The molecule has 1 N–H and O–H groups in total. The Hall–Kier alpha value is -2.49. The van der Waals surface area contributed by atoms with E-state index in [2.05, 4.69) is 66.5 Å². The molecule has 0 radical (unpaired) electrons. The first-order chi connectivity index (χ1) is 12.6. The molecule has 1 heterocycles. The maximum Gasteiger partial charge on any atom is 0.317 e. The number of benzene rings is 2. The largest absolute Gasteiger partial charge is 0.368 e. The van der Waals surface area contributed by atoms with Crippen LogP contribution in [-0.2, 0) is 6.42 Å². The van der Waals surface area contributed by atoms with Gasteiger partial charge in [0.25, 0.3) is 0 Å². The first kappa shape index (κ1) is 18.3. The number of carbonyl (C=O) groups excluding carboxylic acids is 1. The summed E-state index contributed by atoms with van der Waals surface area (Å²) in [4.78, 5) is 16.6. The molecule has 0 bridgehead atoms. The summed E-state index contributed by atoms with van der Waals surface area (Å²) >= 11 is 0. The molecular weight excluding hydrogens is 322 g/mol. The lowest BCUT2D eigenvalue weighted by Gasteiger charge is -2.36. The Morgan fingerprint density at radius 1 is 0.962 bits per heavy atom. The second-order valence-electron chi connectivity index (χ2n) is 7.06. The minimum absolute atomic E-state index is 0.0674. The highest BCUT2D eigenvalue weighted by Crippen LogP contribution is 2.20. The van der Waals surface area contributed by atoms with Gasteiger partial charge in [-0.25, -0.2) is 4.79 Å². The van der Waals surface area contributed by atoms with E-state index in [1.807, 2.05) is 11.0 Å². The minimum Gasteiger partial charge on any atom is -0.368 e. The fraction of sp³-hybridized carbons (Fsp3) is 0.409. The molecule has 1 fully saturated rings.